The van der Waals surface area contributed by atoms with Gasteiger partial charge in [0.25, 0.3) is 0 Å². The standard InChI is InChI=1S/C19H15N5OS/c25-18(22-19-20-10-11-26-19)21-14-7-8-15-16(23-24-17(15)12-14)9-6-13-4-2-1-3-5-13/h1-12H,(H,23,24)(H2,20,21,22,25)/b9-6+. The minimum Gasteiger partial charge on any atom is -0.308 e. The van der Waals surface area contributed by atoms with Gasteiger partial charge in [-0.25, -0.2) is 9.78 Å². The molecule has 0 aliphatic carbocycles. The zero-order valence-corrected chi connectivity index (χ0v) is 14.5. The van der Waals surface area contributed by atoms with Crippen LogP contribution >= 0.6 is 11.3 Å². The van der Waals surface area contributed by atoms with Gasteiger partial charge in [0.1, 0.15) is 0 Å². The number of anilines is 2. The van der Waals surface area contributed by atoms with Gasteiger partial charge in [-0.1, -0.05) is 36.4 Å². The Balaban J connectivity index is 1.50. The molecule has 0 unspecified atom stereocenters. The molecule has 6 nitrogen and oxygen atoms in total. The molecule has 2 aromatic carbocycles. The summed E-state index contributed by atoms with van der Waals surface area (Å²) in [6.45, 7) is 0. The Morgan fingerprint density at radius 1 is 1.08 bits per heavy atom. The van der Waals surface area contributed by atoms with Crippen LogP contribution in [0.1, 0.15) is 11.3 Å². The van der Waals surface area contributed by atoms with E-state index in [4.69, 9.17) is 0 Å². The van der Waals surface area contributed by atoms with Gasteiger partial charge in [-0.2, -0.15) is 5.10 Å². The van der Waals surface area contributed by atoms with Crippen LogP contribution in [0.5, 0.6) is 0 Å². The highest BCUT2D eigenvalue weighted by Crippen LogP contribution is 2.22. The van der Waals surface area contributed by atoms with E-state index in [9.17, 15) is 4.79 Å². The fraction of sp³-hybridized carbons (Fsp3) is 0. The number of aromatic amines is 1. The predicted octanol–water partition coefficient (Wildman–Crippen LogP) is 4.83. The maximum atomic E-state index is 12.0. The van der Waals surface area contributed by atoms with Gasteiger partial charge in [0, 0.05) is 22.7 Å². The number of fused-ring (bicyclic) bond motifs is 1. The van der Waals surface area contributed by atoms with Crippen molar-refractivity contribution in [3.63, 3.8) is 0 Å². The molecule has 0 saturated heterocycles. The number of nitrogens with one attached hydrogen (secondary N) is 3. The number of carbonyl (C=O) groups is 1. The van der Waals surface area contributed by atoms with Crippen molar-refractivity contribution in [3.8, 4) is 0 Å². The van der Waals surface area contributed by atoms with Crippen molar-refractivity contribution in [2.24, 2.45) is 0 Å². The molecular weight excluding hydrogens is 346 g/mol. The summed E-state index contributed by atoms with van der Waals surface area (Å²) >= 11 is 1.36. The Hall–Kier alpha value is -3.45. The van der Waals surface area contributed by atoms with E-state index in [1.165, 1.54) is 11.3 Å². The van der Waals surface area contributed by atoms with Gasteiger partial charge in [-0.3, -0.25) is 10.4 Å². The van der Waals surface area contributed by atoms with E-state index in [1.54, 1.807) is 11.6 Å². The molecule has 4 rings (SSSR count). The first-order chi connectivity index (χ1) is 12.8. The highest BCUT2D eigenvalue weighted by Gasteiger charge is 2.07. The summed E-state index contributed by atoms with van der Waals surface area (Å²) < 4.78 is 0. The molecule has 4 aromatic rings. The average Bonchev–Trinajstić information content (AvgIpc) is 3.30. The van der Waals surface area contributed by atoms with E-state index < -0.39 is 0 Å². The topological polar surface area (TPSA) is 82.7 Å². The predicted molar refractivity (Wildman–Crippen MR) is 106 cm³/mol. The lowest BCUT2D eigenvalue weighted by Gasteiger charge is -2.05. The summed E-state index contributed by atoms with van der Waals surface area (Å²) in [5.41, 5.74) is 3.49. The number of nitrogens with zero attached hydrogens (tertiary/aromatic N) is 2. The van der Waals surface area contributed by atoms with Crippen molar-refractivity contribution in [2.45, 2.75) is 0 Å². The highest BCUT2D eigenvalue weighted by atomic mass is 32.1. The third kappa shape index (κ3) is 3.62. The summed E-state index contributed by atoms with van der Waals surface area (Å²) in [5, 5.41) is 16.2. The van der Waals surface area contributed by atoms with Crippen molar-refractivity contribution < 1.29 is 4.79 Å². The SMILES string of the molecule is O=C(Nc1ccc2c(/C=C/c3ccccc3)n[nH]c2c1)Nc1nccs1. The Labute approximate surface area is 153 Å². The maximum absolute atomic E-state index is 12.0. The zero-order chi connectivity index (χ0) is 17.8. The molecule has 26 heavy (non-hydrogen) atoms. The number of H-pyrrole nitrogens is 1. The van der Waals surface area contributed by atoms with Gasteiger partial charge in [-0.15, -0.1) is 11.3 Å². The molecule has 0 spiro atoms. The van der Waals surface area contributed by atoms with Crippen LogP contribution in [0.3, 0.4) is 0 Å². The lowest BCUT2D eigenvalue weighted by molar-refractivity contribution is 0.262. The van der Waals surface area contributed by atoms with Gasteiger partial charge in [0.05, 0.1) is 11.2 Å². The van der Waals surface area contributed by atoms with Crippen LogP contribution in [-0.4, -0.2) is 21.2 Å². The number of rotatable bonds is 4. The number of urea groups is 1. The average molecular weight is 361 g/mol. The van der Waals surface area contributed by atoms with Gasteiger partial charge >= 0.3 is 6.03 Å². The van der Waals surface area contributed by atoms with Crippen molar-refractivity contribution in [3.05, 3.63) is 71.4 Å². The number of hydrogen-bond donors (Lipinski definition) is 3. The molecule has 2 heterocycles. The van der Waals surface area contributed by atoms with Crippen LogP contribution in [0.4, 0.5) is 15.6 Å². The summed E-state index contributed by atoms with van der Waals surface area (Å²) in [6, 6.07) is 15.4. The monoisotopic (exact) mass is 361 g/mol. The number of benzene rings is 2. The summed E-state index contributed by atoms with van der Waals surface area (Å²) in [4.78, 5) is 16.0. The first-order valence-electron chi connectivity index (χ1n) is 7.97. The summed E-state index contributed by atoms with van der Waals surface area (Å²) in [5.74, 6) is 0. The lowest BCUT2D eigenvalue weighted by atomic mass is 10.1. The summed E-state index contributed by atoms with van der Waals surface area (Å²) in [7, 11) is 0. The van der Waals surface area contributed by atoms with Crippen LogP contribution in [-0.2, 0) is 0 Å². The second-order valence-corrected chi connectivity index (χ2v) is 6.42. The zero-order valence-electron chi connectivity index (χ0n) is 13.6. The van der Waals surface area contributed by atoms with Crippen LogP contribution < -0.4 is 10.6 Å². The Kier molecular flexibility index (Phi) is 4.44. The lowest BCUT2D eigenvalue weighted by Crippen LogP contribution is -2.19. The van der Waals surface area contributed by atoms with Crippen molar-refractivity contribution in [1.82, 2.24) is 15.2 Å². The van der Waals surface area contributed by atoms with E-state index in [2.05, 4.69) is 25.8 Å². The molecule has 3 N–H and O–H groups in total. The molecule has 0 saturated carbocycles. The van der Waals surface area contributed by atoms with Crippen LogP contribution in [0.15, 0.2) is 60.1 Å². The van der Waals surface area contributed by atoms with E-state index in [1.807, 2.05) is 60.7 Å². The molecule has 128 valence electrons. The molecule has 0 aliphatic heterocycles. The molecule has 0 aliphatic rings. The van der Waals surface area contributed by atoms with Crippen molar-refractivity contribution in [2.75, 3.05) is 10.6 Å². The fourth-order valence-corrected chi connectivity index (χ4v) is 3.05. The molecule has 0 fully saturated rings. The van der Waals surface area contributed by atoms with Gasteiger partial charge in [0.15, 0.2) is 5.13 Å². The third-order valence-electron chi connectivity index (χ3n) is 3.74. The molecule has 2 aromatic heterocycles. The number of hydrogen-bond acceptors (Lipinski definition) is 4. The van der Waals surface area contributed by atoms with Gasteiger partial charge in [-0.05, 0) is 29.8 Å². The second-order valence-electron chi connectivity index (χ2n) is 5.53. The van der Waals surface area contributed by atoms with Gasteiger partial charge < -0.3 is 5.32 Å². The molecular formula is C19H15N5OS. The molecule has 2 amide bonds. The third-order valence-corrected chi connectivity index (χ3v) is 4.42. The molecule has 0 atom stereocenters. The van der Waals surface area contributed by atoms with Crippen LogP contribution in [0.25, 0.3) is 23.1 Å². The first kappa shape index (κ1) is 16.0. The van der Waals surface area contributed by atoms with E-state index in [-0.39, 0.29) is 6.03 Å². The minimum absolute atomic E-state index is 0.331. The van der Waals surface area contributed by atoms with E-state index >= 15 is 0 Å². The Bertz CT molecular complexity index is 1050. The van der Waals surface area contributed by atoms with Gasteiger partial charge in [0.2, 0.25) is 0 Å². The number of thiazole rings is 1. The second kappa shape index (κ2) is 7.20. The van der Waals surface area contributed by atoms with Crippen molar-refractivity contribution >= 4 is 51.2 Å². The van der Waals surface area contributed by atoms with Crippen molar-refractivity contribution in [1.29, 1.82) is 0 Å². The number of aromatic nitrogens is 3. The largest absolute Gasteiger partial charge is 0.325 e. The molecule has 7 heteroatoms. The number of amides is 2. The normalized spacial score (nSPS) is 11.1. The quantitative estimate of drug-likeness (QED) is 0.487. The molecule has 0 radical (unpaired) electrons. The smallest absolute Gasteiger partial charge is 0.308 e. The van der Waals surface area contributed by atoms with Crippen LogP contribution in [0, 0.1) is 0 Å². The Morgan fingerprint density at radius 3 is 2.77 bits per heavy atom. The van der Waals surface area contributed by atoms with E-state index in [0.29, 0.717) is 10.8 Å². The molecule has 0 bridgehead atoms. The maximum Gasteiger partial charge on any atom is 0.325 e. The van der Waals surface area contributed by atoms with E-state index in [0.717, 1.165) is 22.2 Å². The highest BCUT2D eigenvalue weighted by molar-refractivity contribution is 7.13. The first-order valence-corrected chi connectivity index (χ1v) is 8.85. The Morgan fingerprint density at radius 2 is 1.96 bits per heavy atom. The van der Waals surface area contributed by atoms with Crippen LogP contribution in [0.2, 0.25) is 0 Å². The fourth-order valence-electron chi connectivity index (χ4n) is 2.53. The minimum atomic E-state index is -0.331. The summed E-state index contributed by atoms with van der Waals surface area (Å²) in [6.07, 6.45) is 5.63. The number of carbonyl (C=O) groups excluding carboxylic acids is 1.